The van der Waals surface area contributed by atoms with Crippen molar-refractivity contribution in [3.8, 4) is 16.9 Å². The van der Waals surface area contributed by atoms with E-state index in [1.54, 1.807) is 7.11 Å². The van der Waals surface area contributed by atoms with Gasteiger partial charge in [0.25, 0.3) is 0 Å². The number of anilines is 2. The van der Waals surface area contributed by atoms with E-state index in [0.717, 1.165) is 29.8 Å². The lowest BCUT2D eigenvalue weighted by Gasteiger charge is -2.34. The lowest BCUT2D eigenvalue weighted by molar-refractivity contribution is 0.413. The summed E-state index contributed by atoms with van der Waals surface area (Å²) in [7, 11) is 1.60. The maximum absolute atomic E-state index is 13.9. The van der Waals surface area contributed by atoms with Gasteiger partial charge in [0, 0.05) is 40.8 Å². The standard InChI is InChI=1S/C28H29FN2O/c1-6-18-9-7-8-17(2)27(18)31-16-22-20(21-11-10-19(29)14-25(21)32-5)12-13-23-26(22)24(31)15-28(3,4)30-23/h7-15,30H,6,16H2,1-5H3. The zero-order valence-corrected chi connectivity index (χ0v) is 19.3. The molecule has 0 unspecified atom stereocenters. The third-order valence-electron chi connectivity index (χ3n) is 6.56. The van der Waals surface area contributed by atoms with Crippen LogP contribution in [-0.4, -0.2) is 12.6 Å². The van der Waals surface area contributed by atoms with Crippen LogP contribution < -0.4 is 15.0 Å². The molecule has 0 radical (unpaired) electrons. The molecule has 2 heterocycles. The first-order valence-corrected chi connectivity index (χ1v) is 11.2. The smallest absolute Gasteiger partial charge is 0.129 e. The van der Waals surface area contributed by atoms with E-state index in [2.05, 4.69) is 74.3 Å². The van der Waals surface area contributed by atoms with Crippen molar-refractivity contribution in [2.24, 2.45) is 0 Å². The van der Waals surface area contributed by atoms with Crippen LogP contribution in [0.3, 0.4) is 0 Å². The van der Waals surface area contributed by atoms with Crippen molar-refractivity contribution in [3.63, 3.8) is 0 Å². The average Bonchev–Trinajstić information content (AvgIpc) is 3.12. The predicted octanol–water partition coefficient (Wildman–Crippen LogP) is 6.94. The van der Waals surface area contributed by atoms with Crippen LogP contribution in [0.4, 0.5) is 15.8 Å². The highest BCUT2D eigenvalue weighted by Crippen LogP contribution is 2.50. The summed E-state index contributed by atoms with van der Waals surface area (Å²) in [4.78, 5) is 2.46. The molecule has 1 N–H and O–H groups in total. The summed E-state index contributed by atoms with van der Waals surface area (Å²) >= 11 is 0. The molecule has 0 fully saturated rings. The summed E-state index contributed by atoms with van der Waals surface area (Å²) in [6.45, 7) is 9.57. The van der Waals surface area contributed by atoms with Gasteiger partial charge in [0.05, 0.1) is 12.6 Å². The second kappa shape index (κ2) is 7.40. The largest absolute Gasteiger partial charge is 0.496 e. The Morgan fingerprint density at radius 1 is 1.09 bits per heavy atom. The molecule has 0 aromatic heterocycles. The van der Waals surface area contributed by atoms with E-state index in [4.69, 9.17) is 4.74 Å². The molecule has 4 heteroatoms. The molecule has 5 rings (SSSR count). The Balaban J connectivity index is 1.76. The fourth-order valence-electron chi connectivity index (χ4n) is 5.19. The molecule has 0 saturated carbocycles. The summed E-state index contributed by atoms with van der Waals surface area (Å²) in [5.41, 5.74) is 10.6. The monoisotopic (exact) mass is 428 g/mol. The first-order chi connectivity index (χ1) is 15.3. The topological polar surface area (TPSA) is 24.5 Å². The maximum atomic E-state index is 13.9. The minimum Gasteiger partial charge on any atom is -0.496 e. The van der Waals surface area contributed by atoms with Crippen molar-refractivity contribution in [1.82, 2.24) is 0 Å². The van der Waals surface area contributed by atoms with E-state index < -0.39 is 0 Å². The lowest BCUT2D eigenvalue weighted by Crippen LogP contribution is -2.33. The first-order valence-electron chi connectivity index (χ1n) is 11.2. The molecule has 32 heavy (non-hydrogen) atoms. The number of methoxy groups -OCH3 is 1. The molecule has 164 valence electrons. The van der Waals surface area contributed by atoms with E-state index in [9.17, 15) is 4.39 Å². The van der Waals surface area contributed by atoms with Gasteiger partial charge in [0.1, 0.15) is 11.6 Å². The van der Waals surface area contributed by atoms with Crippen LogP contribution >= 0.6 is 0 Å². The first kappa shape index (κ1) is 20.6. The normalized spacial score (nSPS) is 15.8. The fraction of sp³-hybridized carbons (Fsp3) is 0.286. The zero-order valence-electron chi connectivity index (χ0n) is 19.3. The van der Waals surface area contributed by atoms with E-state index in [0.29, 0.717) is 5.75 Å². The number of ether oxygens (including phenoxy) is 1. The highest BCUT2D eigenvalue weighted by molar-refractivity contribution is 5.98. The van der Waals surface area contributed by atoms with Crippen LogP contribution in [0, 0.1) is 12.7 Å². The number of hydrogen-bond acceptors (Lipinski definition) is 3. The number of aryl methyl sites for hydroxylation is 2. The number of halogens is 1. The second-order valence-electron chi connectivity index (χ2n) is 9.26. The van der Waals surface area contributed by atoms with Crippen LogP contribution in [0.5, 0.6) is 5.75 Å². The van der Waals surface area contributed by atoms with E-state index >= 15 is 0 Å². The maximum Gasteiger partial charge on any atom is 0.129 e. The molecule has 0 atom stereocenters. The number of rotatable bonds is 4. The van der Waals surface area contributed by atoms with Gasteiger partial charge >= 0.3 is 0 Å². The molecule has 0 saturated heterocycles. The SMILES string of the molecule is CCc1cccc(C)c1N1Cc2c(-c3ccc(F)cc3OC)ccc3c2C1=CC(C)(C)N3. The van der Waals surface area contributed by atoms with E-state index in [1.807, 2.05) is 6.07 Å². The molecular weight excluding hydrogens is 399 g/mol. The Kier molecular flexibility index (Phi) is 4.77. The Bertz CT molecular complexity index is 1260. The van der Waals surface area contributed by atoms with Crippen LogP contribution in [0.15, 0.2) is 54.6 Å². The van der Waals surface area contributed by atoms with Gasteiger partial charge in [-0.3, -0.25) is 0 Å². The number of hydrogen-bond donors (Lipinski definition) is 1. The van der Waals surface area contributed by atoms with Crippen LogP contribution in [0.2, 0.25) is 0 Å². The molecule has 0 amide bonds. The number of para-hydroxylation sites is 1. The second-order valence-corrected chi connectivity index (χ2v) is 9.26. The van der Waals surface area contributed by atoms with Gasteiger partial charge in [0.2, 0.25) is 0 Å². The number of nitrogens with one attached hydrogen (secondary N) is 1. The molecular formula is C28H29FN2O. The molecule has 0 bridgehead atoms. The third kappa shape index (κ3) is 3.17. The van der Waals surface area contributed by atoms with Crippen LogP contribution in [-0.2, 0) is 13.0 Å². The van der Waals surface area contributed by atoms with Crippen molar-refractivity contribution in [2.45, 2.75) is 46.2 Å². The molecule has 3 aromatic rings. The molecule has 3 nitrogen and oxygen atoms in total. The summed E-state index contributed by atoms with van der Waals surface area (Å²) < 4.78 is 19.5. The quantitative estimate of drug-likeness (QED) is 0.487. The third-order valence-corrected chi connectivity index (χ3v) is 6.56. The van der Waals surface area contributed by atoms with Crippen molar-refractivity contribution in [1.29, 1.82) is 0 Å². The molecule has 0 aliphatic carbocycles. The Morgan fingerprint density at radius 2 is 1.88 bits per heavy atom. The van der Waals surface area contributed by atoms with E-state index in [-0.39, 0.29) is 11.4 Å². The van der Waals surface area contributed by atoms with Gasteiger partial charge < -0.3 is 15.0 Å². The number of nitrogens with zero attached hydrogens (tertiary/aromatic N) is 1. The molecule has 0 spiro atoms. The van der Waals surface area contributed by atoms with Gasteiger partial charge in [-0.25, -0.2) is 4.39 Å². The Hall–Kier alpha value is -3.27. The van der Waals surface area contributed by atoms with Crippen molar-refractivity contribution >= 4 is 17.1 Å². The summed E-state index contributed by atoms with van der Waals surface area (Å²) in [5, 5.41) is 3.68. The van der Waals surface area contributed by atoms with Gasteiger partial charge in [-0.2, -0.15) is 0 Å². The lowest BCUT2D eigenvalue weighted by atomic mass is 9.89. The van der Waals surface area contributed by atoms with Crippen LogP contribution in [0.25, 0.3) is 16.8 Å². The average molecular weight is 429 g/mol. The van der Waals surface area contributed by atoms with Crippen molar-refractivity contribution < 1.29 is 9.13 Å². The minimum atomic E-state index is -0.293. The summed E-state index contributed by atoms with van der Waals surface area (Å²) in [5.74, 6) is 0.262. The molecule has 2 aliphatic heterocycles. The van der Waals surface area contributed by atoms with Crippen LogP contribution in [0.1, 0.15) is 43.0 Å². The molecule has 3 aromatic carbocycles. The number of benzene rings is 3. The fourth-order valence-corrected chi connectivity index (χ4v) is 5.19. The zero-order chi connectivity index (χ0) is 22.6. The van der Waals surface area contributed by atoms with Gasteiger partial charge in [-0.1, -0.05) is 31.2 Å². The van der Waals surface area contributed by atoms with E-state index in [1.165, 1.54) is 45.8 Å². The summed E-state index contributed by atoms with van der Waals surface area (Å²) in [6, 6.07) is 15.6. The Morgan fingerprint density at radius 3 is 2.62 bits per heavy atom. The highest BCUT2D eigenvalue weighted by Gasteiger charge is 2.37. The van der Waals surface area contributed by atoms with Gasteiger partial charge in [-0.05, 0) is 73.7 Å². The van der Waals surface area contributed by atoms with Gasteiger partial charge in [-0.15, -0.1) is 0 Å². The van der Waals surface area contributed by atoms with Gasteiger partial charge in [0.15, 0.2) is 0 Å². The van der Waals surface area contributed by atoms with Crippen molar-refractivity contribution in [2.75, 3.05) is 17.3 Å². The summed E-state index contributed by atoms with van der Waals surface area (Å²) in [6.07, 6.45) is 3.31. The van der Waals surface area contributed by atoms with Crippen molar-refractivity contribution in [3.05, 3.63) is 82.7 Å². The predicted molar refractivity (Wildman–Crippen MR) is 131 cm³/mol. The molecule has 2 aliphatic rings. The Labute approximate surface area is 189 Å². The highest BCUT2D eigenvalue weighted by atomic mass is 19.1. The minimum absolute atomic E-state index is 0.160.